The monoisotopic (exact) mass is 299 g/mol. The Morgan fingerprint density at radius 2 is 2.20 bits per heavy atom. The maximum atomic E-state index is 11.4. The lowest BCUT2D eigenvalue weighted by atomic mass is 10.1. The Morgan fingerprint density at radius 3 is 2.85 bits per heavy atom. The molecule has 0 aromatic carbocycles. The standard InChI is InChI=1S/C11H13N3O5S/c12-10-3-2-20-9(5(3)13-11(18)14-10)8-7(17)6(16)4(1-15)19-8/h2,4,6-8,15-17H,1H2,(H3,12,13,14,18)/t4-,6-,7-,8-/m1/s1. The molecule has 1 fully saturated rings. The number of nitrogens with one attached hydrogen (secondary N) is 1. The topological polar surface area (TPSA) is 142 Å². The number of rotatable bonds is 2. The van der Waals surface area contributed by atoms with E-state index >= 15 is 0 Å². The molecule has 2 aromatic rings. The van der Waals surface area contributed by atoms with Gasteiger partial charge in [0.15, 0.2) is 0 Å². The number of fused-ring (bicyclic) bond motifs is 1. The van der Waals surface area contributed by atoms with Crippen molar-refractivity contribution in [2.45, 2.75) is 24.4 Å². The molecule has 3 heterocycles. The number of ether oxygens (including phenoxy) is 1. The van der Waals surface area contributed by atoms with E-state index in [-0.39, 0.29) is 5.82 Å². The first-order valence-corrected chi connectivity index (χ1v) is 6.80. The second kappa shape index (κ2) is 4.79. The van der Waals surface area contributed by atoms with Gasteiger partial charge in [0.2, 0.25) is 0 Å². The van der Waals surface area contributed by atoms with Crippen LogP contribution in [0.2, 0.25) is 0 Å². The van der Waals surface area contributed by atoms with Crippen LogP contribution in [0, 0.1) is 0 Å². The van der Waals surface area contributed by atoms with Gasteiger partial charge in [-0.3, -0.25) is 0 Å². The van der Waals surface area contributed by atoms with Crippen LogP contribution >= 0.6 is 11.3 Å². The molecule has 1 aliphatic rings. The Morgan fingerprint density at radius 1 is 1.45 bits per heavy atom. The third-order valence-electron chi connectivity index (χ3n) is 3.35. The van der Waals surface area contributed by atoms with Crippen molar-refractivity contribution in [2.24, 2.45) is 0 Å². The van der Waals surface area contributed by atoms with Crippen LogP contribution in [0.15, 0.2) is 10.2 Å². The van der Waals surface area contributed by atoms with Gasteiger partial charge >= 0.3 is 5.69 Å². The molecule has 0 bridgehead atoms. The molecule has 108 valence electrons. The average molecular weight is 299 g/mol. The number of hydrogen-bond donors (Lipinski definition) is 5. The molecule has 2 aromatic heterocycles. The number of hydrogen-bond acceptors (Lipinski definition) is 8. The summed E-state index contributed by atoms with van der Waals surface area (Å²) in [7, 11) is 0. The minimum Gasteiger partial charge on any atom is -0.394 e. The summed E-state index contributed by atoms with van der Waals surface area (Å²) >= 11 is 1.23. The number of nitrogen functional groups attached to an aromatic ring is 1. The maximum Gasteiger partial charge on any atom is 0.347 e. The summed E-state index contributed by atoms with van der Waals surface area (Å²) in [6.07, 6.45) is -4.07. The summed E-state index contributed by atoms with van der Waals surface area (Å²) in [5.41, 5.74) is 5.50. The van der Waals surface area contributed by atoms with Crippen molar-refractivity contribution in [2.75, 3.05) is 12.3 Å². The van der Waals surface area contributed by atoms with Crippen molar-refractivity contribution >= 4 is 28.1 Å². The van der Waals surface area contributed by atoms with E-state index in [2.05, 4.69) is 9.97 Å². The lowest BCUT2D eigenvalue weighted by Crippen LogP contribution is -2.32. The quantitative estimate of drug-likeness (QED) is 0.465. The van der Waals surface area contributed by atoms with Crippen molar-refractivity contribution in [3.05, 3.63) is 20.7 Å². The zero-order valence-corrected chi connectivity index (χ0v) is 11.0. The van der Waals surface area contributed by atoms with Gasteiger partial charge in [-0.1, -0.05) is 0 Å². The third-order valence-corrected chi connectivity index (χ3v) is 4.39. The van der Waals surface area contributed by atoms with Crippen LogP contribution in [0.3, 0.4) is 0 Å². The number of H-pyrrole nitrogens is 1. The molecular weight excluding hydrogens is 286 g/mol. The largest absolute Gasteiger partial charge is 0.394 e. The smallest absolute Gasteiger partial charge is 0.347 e. The molecule has 9 heteroatoms. The highest BCUT2D eigenvalue weighted by Crippen LogP contribution is 2.40. The number of aliphatic hydroxyl groups excluding tert-OH is 3. The Labute approximate surface area is 116 Å². The van der Waals surface area contributed by atoms with Gasteiger partial charge in [-0.05, 0) is 0 Å². The summed E-state index contributed by atoms with van der Waals surface area (Å²) in [5.74, 6) is 0.0954. The first kappa shape index (κ1) is 13.5. The second-order valence-electron chi connectivity index (χ2n) is 4.57. The molecule has 0 spiro atoms. The van der Waals surface area contributed by atoms with Crippen LogP contribution in [0.5, 0.6) is 0 Å². The van der Waals surface area contributed by atoms with E-state index in [1.165, 1.54) is 11.3 Å². The van der Waals surface area contributed by atoms with Crippen molar-refractivity contribution in [3.8, 4) is 0 Å². The Balaban J connectivity index is 2.09. The summed E-state index contributed by atoms with van der Waals surface area (Å²) in [4.78, 5) is 18.1. The van der Waals surface area contributed by atoms with Gasteiger partial charge in [-0.15, -0.1) is 11.3 Å². The molecule has 1 aliphatic heterocycles. The van der Waals surface area contributed by atoms with Crippen LogP contribution in [-0.2, 0) is 4.74 Å². The van der Waals surface area contributed by atoms with Crippen LogP contribution in [0.4, 0.5) is 5.82 Å². The molecule has 1 saturated heterocycles. The van der Waals surface area contributed by atoms with Crippen LogP contribution in [0.1, 0.15) is 11.0 Å². The SMILES string of the molecule is Nc1nc(=O)[nH]c2c([C@@H]3O[C@H](CO)[C@@H](O)[C@H]3O)scc12. The number of thiophene rings is 1. The van der Waals surface area contributed by atoms with Gasteiger partial charge < -0.3 is 30.8 Å². The molecule has 20 heavy (non-hydrogen) atoms. The lowest BCUT2D eigenvalue weighted by Gasteiger charge is -2.13. The number of aromatic nitrogens is 2. The molecule has 0 saturated carbocycles. The van der Waals surface area contributed by atoms with Crippen LogP contribution in [0.25, 0.3) is 10.9 Å². The molecule has 0 amide bonds. The predicted molar refractivity (Wildman–Crippen MR) is 71.4 cm³/mol. The molecular formula is C11H13N3O5S. The second-order valence-corrected chi connectivity index (χ2v) is 5.49. The lowest BCUT2D eigenvalue weighted by molar-refractivity contribution is -0.0214. The number of aliphatic hydroxyl groups is 3. The molecule has 4 atom stereocenters. The molecule has 6 N–H and O–H groups in total. The van der Waals surface area contributed by atoms with E-state index in [9.17, 15) is 15.0 Å². The Kier molecular flexibility index (Phi) is 3.22. The average Bonchev–Trinajstić information content (AvgIpc) is 2.93. The molecule has 0 aliphatic carbocycles. The summed E-state index contributed by atoms with van der Waals surface area (Å²) < 4.78 is 5.44. The van der Waals surface area contributed by atoms with E-state index in [1.54, 1.807) is 5.38 Å². The van der Waals surface area contributed by atoms with Gasteiger partial charge in [0, 0.05) is 5.38 Å². The first-order chi connectivity index (χ1) is 9.52. The van der Waals surface area contributed by atoms with Crippen LogP contribution < -0.4 is 11.4 Å². The van der Waals surface area contributed by atoms with Gasteiger partial charge in [0.1, 0.15) is 30.2 Å². The Hall–Kier alpha value is -1.52. The summed E-state index contributed by atoms with van der Waals surface area (Å²) in [6, 6.07) is 0. The minimum atomic E-state index is -1.19. The zero-order valence-electron chi connectivity index (χ0n) is 10.2. The summed E-state index contributed by atoms with van der Waals surface area (Å²) in [5, 5.41) is 31.1. The fraction of sp³-hybridized carbons (Fsp3) is 0.455. The van der Waals surface area contributed by atoms with Crippen molar-refractivity contribution in [3.63, 3.8) is 0 Å². The predicted octanol–water partition coefficient (Wildman–Crippen LogP) is -1.28. The van der Waals surface area contributed by atoms with Crippen LogP contribution in [-0.4, -0.2) is 50.2 Å². The van der Waals surface area contributed by atoms with Crippen molar-refractivity contribution in [1.29, 1.82) is 0 Å². The number of nitrogens with two attached hydrogens (primary N) is 1. The highest BCUT2D eigenvalue weighted by molar-refractivity contribution is 7.11. The van der Waals surface area contributed by atoms with E-state index in [1.807, 2.05) is 0 Å². The fourth-order valence-corrected chi connectivity index (χ4v) is 3.41. The van der Waals surface area contributed by atoms with Crippen molar-refractivity contribution in [1.82, 2.24) is 9.97 Å². The molecule has 8 nitrogen and oxygen atoms in total. The number of nitrogens with zero attached hydrogens (tertiary/aromatic N) is 1. The first-order valence-electron chi connectivity index (χ1n) is 5.92. The van der Waals surface area contributed by atoms with E-state index < -0.39 is 36.7 Å². The van der Waals surface area contributed by atoms with Gasteiger partial charge in [0.25, 0.3) is 0 Å². The third kappa shape index (κ3) is 1.91. The highest BCUT2D eigenvalue weighted by atomic mass is 32.1. The van der Waals surface area contributed by atoms with Crippen molar-refractivity contribution < 1.29 is 20.1 Å². The van der Waals surface area contributed by atoms with Gasteiger partial charge in [0.05, 0.1) is 22.4 Å². The number of anilines is 1. The zero-order chi connectivity index (χ0) is 14.4. The van der Waals surface area contributed by atoms with E-state index in [0.29, 0.717) is 15.8 Å². The molecule has 0 unspecified atom stereocenters. The fourth-order valence-electron chi connectivity index (χ4n) is 2.32. The van der Waals surface area contributed by atoms with E-state index in [4.69, 9.17) is 15.6 Å². The highest BCUT2D eigenvalue weighted by Gasteiger charge is 2.44. The maximum absolute atomic E-state index is 11.4. The van der Waals surface area contributed by atoms with Gasteiger partial charge in [-0.25, -0.2) is 4.79 Å². The Bertz CT molecular complexity index is 699. The number of aromatic amines is 1. The normalized spacial score (nSPS) is 30.1. The minimum absolute atomic E-state index is 0.0954. The summed E-state index contributed by atoms with van der Waals surface area (Å²) in [6.45, 7) is -0.405. The molecule has 3 rings (SSSR count). The van der Waals surface area contributed by atoms with E-state index in [0.717, 1.165) is 0 Å². The van der Waals surface area contributed by atoms with Gasteiger partial charge in [-0.2, -0.15) is 4.98 Å². The molecule has 0 radical (unpaired) electrons.